The largest absolute Gasteiger partial charge is 2.00 e. The number of rotatable bonds is 4. The Kier molecular flexibility index (Phi) is 6.59. The minimum absolute atomic E-state index is 0. The summed E-state index contributed by atoms with van der Waals surface area (Å²) in [4.78, 5) is 13.8. The molecule has 0 amide bonds. The molecule has 0 aliphatic rings. The summed E-state index contributed by atoms with van der Waals surface area (Å²) in [7, 11) is 0. The molecule has 7 heteroatoms. The fourth-order valence-corrected chi connectivity index (χ4v) is 6.97. The molecule has 0 atom stereocenters. The molecule has 5 aromatic carbocycles. The molecule has 48 heavy (non-hydrogen) atoms. The predicted molar refractivity (Wildman–Crippen MR) is 187 cm³/mol. The number of aromatic nitrogens is 5. The average Bonchev–Trinajstić information content (AvgIpc) is 3.84. The Hall–Kier alpha value is -5.84. The monoisotopic (exact) mass is 796 g/mol. The van der Waals surface area contributed by atoms with Gasteiger partial charge in [-0.05, 0) is 45.2 Å². The molecule has 0 bridgehead atoms. The van der Waals surface area contributed by atoms with E-state index in [1.807, 2.05) is 43.0 Å². The van der Waals surface area contributed by atoms with Gasteiger partial charge < -0.3 is 13.5 Å². The summed E-state index contributed by atoms with van der Waals surface area (Å²) in [5.41, 5.74) is 8.43. The van der Waals surface area contributed by atoms with Crippen LogP contribution in [0.5, 0.6) is 11.5 Å². The predicted octanol–water partition coefficient (Wildman–Crippen LogP) is 9.71. The van der Waals surface area contributed by atoms with E-state index in [1.165, 1.54) is 11.1 Å². The Labute approximate surface area is 289 Å². The molecular formula is C41H23N5OPt. The number of hydrogen-bond acceptors (Lipinski definition) is 4. The van der Waals surface area contributed by atoms with Gasteiger partial charge in [-0.2, -0.15) is 0 Å². The summed E-state index contributed by atoms with van der Waals surface area (Å²) in [5.74, 6) is 1.16. The van der Waals surface area contributed by atoms with E-state index >= 15 is 0 Å². The van der Waals surface area contributed by atoms with E-state index in [2.05, 4.69) is 116 Å². The molecule has 228 valence electrons. The van der Waals surface area contributed by atoms with E-state index in [9.17, 15) is 0 Å². The first-order chi connectivity index (χ1) is 23.3. The second-order valence-electron chi connectivity index (χ2n) is 11.6. The third-order valence-corrected chi connectivity index (χ3v) is 8.99. The van der Waals surface area contributed by atoms with Crippen molar-refractivity contribution in [1.82, 2.24) is 23.8 Å². The van der Waals surface area contributed by atoms with Crippen LogP contribution in [0.15, 0.2) is 140 Å². The van der Waals surface area contributed by atoms with Crippen molar-refractivity contribution in [3.05, 3.63) is 152 Å². The van der Waals surface area contributed by atoms with Gasteiger partial charge in [0.1, 0.15) is 0 Å². The van der Waals surface area contributed by atoms with Crippen LogP contribution in [0.1, 0.15) is 0 Å². The molecule has 0 spiro atoms. The molecule has 10 aromatic rings. The summed E-state index contributed by atoms with van der Waals surface area (Å²) < 4.78 is 10.7. The fourth-order valence-electron chi connectivity index (χ4n) is 6.97. The molecule has 0 aliphatic heterocycles. The maximum Gasteiger partial charge on any atom is 2.00 e. The molecule has 0 saturated heterocycles. The van der Waals surface area contributed by atoms with Crippen molar-refractivity contribution in [2.45, 2.75) is 0 Å². The van der Waals surface area contributed by atoms with Crippen molar-refractivity contribution < 1.29 is 25.8 Å². The first kappa shape index (κ1) is 28.4. The first-order valence-electron chi connectivity index (χ1n) is 15.4. The molecule has 5 aromatic heterocycles. The SMILES string of the molecule is [Pt+2].[c-]1c(Oc2[c-]c3c(cc2)c2c(-c4ccccc4)c(-c4ccccc4)ccc2n2ccnc32)ccc2c1c1nccn1c1ccncc21. The van der Waals surface area contributed by atoms with Crippen LogP contribution in [0.25, 0.3) is 76.9 Å². The van der Waals surface area contributed by atoms with Crippen molar-refractivity contribution in [3.8, 4) is 33.8 Å². The number of benzene rings is 5. The third kappa shape index (κ3) is 4.26. The van der Waals surface area contributed by atoms with E-state index in [4.69, 9.17) is 9.72 Å². The Morgan fingerprint density at radius 3 is 1.88 bits per heavy atom. The van der Waals surface area contributed by atoms with E-state index in [0.29, 0.717) is 11.5 Å². The molecular weight excluding hydrogens is 774 g/mol. The van der Waals surface area contributed by atoms with Gasteiger partial charge >= 0.3 is 21.1 Å². The van der Waals surface area contributed by atoms with Gasteiger partial charge in [0.05, 0.1) is 11.3 Å². The second kappa shape index (κ2) is 11.1. The van der Waals surface area contributed by atoms with Crippen LogP contribution in [0, 0.1) is 12.1 Å². The van der Waals surface area contributed by atoms with Crippen molar-refractivity contribution in [3.63, 3.8) is 0 Å². The van der Waals surface area contributed by atoms with Gasteiger partial charge in [0, 0.05) is 59.7 Å². The Morgan fingerprint density at radius 1 is 0.542 bits per heavy atom. The molecule has 0 fully saturated rings. The van der Waals surface area contributed by atoms with Gasteiger partial charge in [-0.25, -0.2) is 0 Å². The van der Waals surface area contributed by atoms with E-state index in [0.717, 1.165) is 65.8 Å². The first-order valence-corrected chi connectivity index (χ1v) is 15.4. The topological polar surface area (TPSA) is 56.7 Å². The van der Waals surface area contributed by atoms with Gasteiger partial charge in [-0.1, -0.05) is 113 Å². The fraction of sp³-hybridized carbons (Fsp3) is 0. The van der Waals surface area contributed by atoms with Crippen molar-refractivity contribution in [2.24, 2.45) is 0 Å². The zero-order chi connectivity index (χ0) is 30.9. The van der Waals surface area contributed by atoms with Crippen LogP contribution < -0.4 is 4.74 Å². The molecule has 0 unspecified atom stereocenters. The molecule has 0 N–H and O–H groups in total. The van der Waals surface area contributed by atoms with Gasteiger partial charge in [0.15, 0.2) is 0 Å². The van der Waals surface area contributed by atoms with Crippen LogP contribution in [0.4, 0.5) is 0 Å². The summed E-state index contributed by atoms with van der Waals surface area (Å²) in [6.45, 7) is 0. The number of hydrogen-bond donors (Lipinski definition) is 0. The zero-order valence-corrected chi connectivity index (χ0v) is 27.5. The van der Waals surface area contributed by atoms with Crippen molar-refractivity contribution in [1.29, 1.82) is 0 Å². The number of nitrogens with zero attached hydrogens (tertiary/aromatic N) is 5. The number of ether oxygens (including phenoxy) is 1. The Balaban J connectivity index is 0.00000314. The van der Waals surface area contributed by atoms with Crippen LogP contribution in [0.2, 0.25) is 0 Å². The van der Waals surface area contributed by atoms with Crippen LogP contribution >= 0.6 is 0 Å². The van der Waals surface area contributed by atoms with Gasteiger partial charge in [-0.15, -0.1) is 12.1 Å². The maximum atomic E-state index is 6.48. The maximum absolute atomic E-state index is 6.48. The second-order valence-corrected chi connectivity index (χ2v) is 11.6. The molecule has 0 saturated carbocycles. The molecule has 10 rings (SSSR count). The number of imidazole rings is 2. The zero-order valence-electron chi connectivity index (χ0n) is 25.2. The summed E-state index contributed by atoms with van der Waals surface area (Å²) in [6.07, 6.45) is 11.3. The van der Waals surface area contributed by atoms with Crippen molar-refractivity contribution >= 4 is 54.6 Å². The average molecular weight is 797 g/mol. The molecule has 0 radical (unpaired) electrons. The van der Waals surface area contributed by atoms with E-state index in [-0.39, 0.29) is 21.1 Å². The van der Waals surface area contributed by atoms with Crippen LogP contribution in [0.3, 0.4) is 0 Å². The molecule has 6 nitrogen and oxygen atoms in total. The number of fused-ring (bicyclic) bond motifs is 12. The molecule has 5 heterocycles. The normalized spacial score (nSPS) is 11.6. The summed E-state index contributed by atoms with van der Waals surface area (Å²) in [5, 5.41) is 6.01. The number of pyridine rings is 3. The summed E-state index contributed by atoms with van der Waals surface area (Å²) >= 11 is 0. The quantitative estimate of drug-likeness (QED) is 0.132. The summed E-state index contributed by atoms with van der Waals surface area (Å²) in [6, 6.07) is 42.8. The van der Waals surface area contributed by atoms with Crippen molar-refractivity contribution in [2.75, 3.05) is 0 Å². The minimum Gasteiger partial charge on any atom is -0.497 e. The third-order valence-electron chi connectivity index (χ3n) is 8.99. The Morgan fingerprint density at radius 2 is 1.17 bits per heavy atom. The van der Waals surface area contributed by atoms with Gasteiger partial charge in [-0.3, -0.25) is 15.0 Å². The van der Waals surface area contributed by atoms with E-state index < -0.39 is 0 Å². The Bertz CT molecular complexity index is 2830. The molecule has 0 aliphatic carbocycles. The van der Waals surface area contributed by atoms with Crippen LogP contribution in [-0.4, -0.2) is 23.8 Å². The minimum atomic E-state index is 0. The standard InChI is InChI=1S/C41H23N5O.Pt/c1-3-7-26(8-4-1)30-15-16-37-39(38(30)27-9-5-2-6-10-27)32-14-12-29(24-34(32)41-44-20-22-46(37)41)47-28-11-13-31-33(23-28)40-43-19-21-45(40)36-17-18-42-25-35(31)36;/h1-22,25H;/q-2;+2. The smallest absolute Gasteiger partial charge is 0.497 e. The van der Waals surface area contributed by atoms with Crippen LogP contribution in [-0.2, 0) is 21.1 Å². The van der Waals surface area contributed by atoms with E-state index in [1.54, 1.807) is 12.4 Å². The van der Waals surface area contributed by atoms with Gasteiger partial charge in [0.2, 0.25) is 0 Å². The van der Waals surface area contributed by atoms with Gasteiger partial charge in [0.25, 0.3) is 0 Å².